The monoisotopic (exact) mass is 116 g/mol. The Hall–Kier alpha value is -0.830. The van der Waals surface area contributed by atoms with Gasteiger partial charge in [0.25, 0.3) is 6.47 Å². The number of carbonyl (C=O) groups excluding carboxylic acids is 1. The first kappa shape index (κ1) is 7.17. The molecule has 3 heteroatoms. The zero-order valence-electron chi connectivity index (χ0n) is 4.41. The number of carbonyl (C=O) groups is 1. The fourth-order valence-electron chi connectivity index (χ4n) is 0.237. The highest BCUT2D eigenvalue weighted by Crippen LogP contribution is 1.70. The molecule has 0 atom stereocenters. The van der Waals surface area contributed by atoms with Crippen molar-refractivity contribution in [1.29, 1.82) is 0 Å². The van der Waals surface area contributed by atoms with E-state index < -0.39 is 0 Å². The van der Waals surface area contributed by atoms with Crippen LogP contribution in [0.15, 0.2) is 12.2 Å². The van der Waals surface area contributed by atoms with E-state index in [9.17, 15) is 4.79 Å². The van der Waals surface area contributed by atoms with E-state index in [2.05, 4.69) is 4.74 Å². The second-order valence-corrected chi connectivity index (χ2v) is 1.08. The number of aliphatic hydroxyl groups is 1. The van der Waals surface area contributed by atoms with Crippen LogP contribution in [-0.2, 0) is 9.53 Å². The van der Waals surface area contributed by atoms with Crippen LogP contribution in [0.4, 0.5) is 0 Å². The van der Waals surface area contributed by atoms with Crippen molar-refractivity contribution in [3.63, 3.8) is 0 Å². The average Bonchev–Trinajstić information content (AvgIpc) is 1.81. The topological polar surface area (TPSA) is 46.5 Å². The zero-order valence-corrected chi connectivity index (χ0v) is 4.41. The lowest BCUT2D eigenvalue weighted by molar-refractivity contribution is -0.127. The molecule has 0 spiro atoms. The van der Waals surface area contributed by atoms with Crippen molar-refractivity contribution in [3.8, 4) is 0 Å². The molecular weight excluding hydrogens is 108 g/mol. The smallest absolute Gasteiger partial charge is 0.293 e. The molecule has 0 radical (unpaired) electrons. The van der Waals surface area contributed by atoms with E-state index in [0.717, 1.165) is 0 Å². The third kappa shape index (κ3) is 5.17. The maximum Gasteiger partial charge on any atom is 0.293 e. The molecule has 0 aromatic carbocycles. The normalized spacial score (nSPS) is 9.62. The highest BCUT2D eigenvalue weighted by Gasteiger charge is 1.71. The molecule has 0 amide bonds. The van der Waals surface area contributed by atoms with Crippen LogP contribution in [0, 0.1) is 0 Å². The van der Waals surface area contributed by atoms with Crippen LogP contribution < -0.4 is 0 Å². The zero-order chi connectivity index (χ0) is 6.24. The van der Waals surface area contributed by atoms with Crippen molar-refractivity contribution in [2.45, 2.75) is 0 Å². The maximum atomic E-state index is 9.45. The van der Waals surface area contributed by atoms with Crippen LogP contribution in [-0.4, -0.2) is 24.8 Å². The van der Waals surface area contributed by atoms with Gasteiger partial charge in [0.05, 0.1) is 6.61 Å². The fourth-order valence-corrected chi connectivity index (χ4v) is 0.237. The van der Waals surface area contributed by atoms with Crippen molar-refractivity contribution in [2.75, 3.05) is 13.2 Å². The lowest BCUT2D eigenvalue weighted by Gasteiger charge is -1.85. The van der Waals surface area contributed by atoms with Crippen LogP contribution in [0.5, 0.6) is 0 Å². The summed E-state index contributed by atoms with van der Waals surface area (Å²) in [6.45, 7) is 0.591. The van der Waals surface area contributed by atoms with E-state index in [0.29, 0.717) is 6.47 Å². The van der Waals surface area contributed by atoms with Gasteiger partial charge in [-0.3, -0.25) is 4.79 Å². The van der Waals surface area contributed by atoms with Gasteiger partial charge in [-0.25, -0.2) is 0 Å². The Morgan fingerprint density at radius 3 is 2.75 bits per heavy atom. The molecule has 0 aliphatic heterocycles. The minimum absolute atomic E-state index is 0.0117. The molecule has 1 N–H and O–H groups in total. The molecule has 0 unspecified atom stereocenters. The molecule has 0 saturated carbocycles. The van der Waals surface area contributed by atoms with Gasteiger partial charge in [-0.2, -0.15) is 0 Å². The molecule has 0 aliphatic carbocycles. The van der Waals surface area contributed by atoms with Gasteiger partial charge in [0.15, 0.2) is 0 Å². The number of aliphatic hydroxyl groups excluding tert-OH is 1. The highest BCUT2D eigenvalue weighted by atomic mass is 16.5. The SMILES string of the molecule is O=COCC=CCO. The molecule has 46 valence electrons. The fraction of sp³-hybridized carbons (Fsp3) is 0.400. The van der Waals surface area contributed by atoms with E-state index in [1.165, 1.54) is 6.08 Å². The van der Waals surface area contributed by atoms with Gasteiger partial charge in [0.1, 0.15) is 6.61 Å². The van der Waals surface area contributed by atoms with Crippen LogP contribution in [0.3, 0.4) is 0 Å². The highest BCUT2D eigenvalue weighted by molar-refractivity contribution is 5.37. The van der Waals surface area contributed by atoms with Gasteiger partial charge in [-0.1, -0.05) is 6.08 Å². The van der Waals surface area contributed by atoms with E-state index >= 15 is 0 Å². The number of ether oxygens (including phenoxy) is 1. The Morgan fingerprint density at radius 2 is 2.25 bits per heavy atom. The van der Waals surface area contributed by atoms with Crippen LogP contribution in [0.2, 0.25) is 0 Å². The van der Waals surface area contributed by atoms with Crippen molar-refractivity contribution in [2.24, 2.45) is 0 Å². The molecule has 0 saturated heterocycles. The third-order valence-corrected chi connectivity index (χ3v) is 0.533. The summed E-state index contributed by atoms with van der Waals surface area (Å²) in [7, 11) is 0. The Kier molecular flexibility index (Phi) is 5.53. The Morgan fingerprint density at radius 1 is 1.50 bits per heavy atom. The number of hydrogen-bond donors (Lipinski definition) is 1. The Labute approximate surface area is 47.6 Å². The molecule has 0 aliphatic rings. The molecule has 8 heavy (non-hydrogen) atoms. The predicted molar refractivity (Wildman–Crippen MR) is 28.2 cm³/mol. The van der Waals surface area contributed by atoms with Crippen molar-refractivity contribution >= 4 is 6.47 Å². The Bertz CT molecular complexity index is 77.7. The first-order chi connectivity index (χ1) is 3.91. The average molecular weight is 116 g/mol. The third-order valence-electron chi connectivity index (χ3n) is 0.533. The second-order valence-electron chi connectivity index (χ2n) is 1.08. The Balaban J connectivity index is 2.90. The van der Waals surface area contributed by atoms with E-state index in [4.69, 9.17) is 5.11 Å². The van der Waals surface area contributed by atoms with Gasteiger partial charge in [-0.05, 0) is 6.08 Å². The minimum Gasteiger partial charge on any atom is -0.464 e. The van der Waals surface area contributed by atoms with E-state index in [1.54, 1.807) is 6.08 Å². The quantitative estimate of drug-likeness (QED) is 0.312. The van der Waals surface area contributed by atoms with Gasteiger partial charge in [0, 0.05) is 0 Å². The standard InChI is InChI=1S/C5H8O3/c6-3-1-2-4-8-5-7/h1-2,5-6H,3-4H2. The maximum absolute atomic E-state index is 9.45. The first-order valence-electron chi connectivity index (χ1n) is 2.23. The van der Waals surface area contributed by atoms with Gasteiger partial charge in [-0.15, -0.1) is 0 Å². The summed E-state index contributed by atoms with van der Waals surface area (Å²) < 4.78 is 4.26. The van der Waals surface area contributed by atoms with Crippen molar-refractivity contribution in [3.05, 3.63) is 12.2 Å². The van der Waals surface area contributed by atoms with E-state index in [1.807, 2.05) is 0 Å². The molecule has 3 nitrogen and oxygen atoms in total. The van der Waals surface area contributed by atoms with Gasteiger partial charge in [0.2, 0.25) is 0 Å². The van der Waals surface area contributed by atoms with Crippen molar-refractivity contribution in [1.82, 2.24) is 0 Å². The summed E-state index contributed by atoms with van der Waals surface area (Å²) >= 11 is 0. The minimum atomic E-state index is -0.0117. The first-order valence-corrected chi connectivity index (χ1v) is 2.23. The summed E-state index contributed by atoms with van der Waals surface area (Å²) in [5.41, 5.74) is 0. The molecular formula is C5H8O3. The van der Waals surface area contributed by atoms with E-state index in [-0.39, 0.29) is 13.2 Å². The molecule has 0 fully saturated rings. The molecule has 0 bridgehead atoms. The van der Waals surface area contributed by atoms with Gasteiger partial charge >= 0.3 is 0 Å². The van der Waals surface area contributed by atoms with Crippen molar-refractivity contribution < 1.29 is 14.6 Å². The summed E-state index contributed by atoms with van der Waals surface area (Å²) in [4.78, 5) is 9.45. The lowest BCUT2D eigenvalue weighted by atomic mass is 10.5. The molecule has 0 aromatic rings. The summed E-state index contributed by atoms with van der Waals surface area (Å²) in [6.07, 6.45) is 3.07. The molecule has 0 heterocycles. The van der Waals surface area contributed by atoms with Crippen LogP contribution >= 0.6 is 0 Å². The number of rotatable bonds is 4. The summed E-state index contributed by atoms with van der Waals surface area (Å²) in [5, 5.41) is 8.13. The van der Waals surface area contributed by atoms with Gasteiger partial charge < -0.3 is 9.84 Å². The predicted octanol–water partition coefficient (Wildman–Crippen LogP) is -0.292. The lowest BCUT2D eigenvalue weighted by Crippen LogP contribution is -1.85. The molecule has 0 rings (SSSR count). The second kappa shape index (κ2) is 6.17. The van der Waals surface area contributed by atoms with Crippen LogP contribution in [0.1, 0.15) is 0 Å². The largest absolute Gasteiger partial charge is 0.464 e. The summed E-state index contributed by atoms with van der Waals surface area (Å²) in [6, 6.07) is 0. The molecule has 0 aromatic heterocycles. The van der Waals surface area contributed by atoms with Crippen LogP contribution in [0.25, 0.3) is 0 Å². The number of hydrogen-bond acceptors (Lipinski definition) is 3. The summed E-state index contributed by atoms with van der Waals surface area (Å²) in [5.74, 6) is 0.